The lowest BCUT2D eigenvalue weighted by molar-refractivity contribution is 0.0502. The third kappa shape index (κ3) is 5.42. The van der Waals surface area contributed by atoms with Crippen LogP contribution in [0.3, 0.4) is 0 Å². The molecule has 4 aromatic rings. The van der Waals surface area contributed by atoms with Gasteiger partial charge in [0.05, 0.1) is 30.5 Å². The molecule has 0 saturated heterocycles. The van der Waals surface area contributed by atoms with Gasteiger partial charge in [0.15, 0.2) is 0 Å². The molecule has 0 spiro atoms. The number of nitrogens with zero attached hydrogens (tertiary/aromatic N) is 2. The lowest BCUT2D eigenvalue weighted by Gasteiger charge is -2.11. The molecule has 0 fully saturated rings. The first-order valence-corrected chi connectivity index (χ1v) is 10.3. The van der Waals surface area contributed by atoms with E-state index in [1.165, 1.54) is 0 Å². The van der Waals surface area contributed by atoms with Crippen molar-refractivity contribution in [3.8, 4) is 17.0 Å². The SMILES string of the molecule is COc1ccc(-c2cc(C(=O)OCCCc3cccc(C)n3)c3ccccc3n2)cc1.Cl. The number of rotatable bonds is 7. The predicted molar refractivity (Wildman–Crippen MR) is 129 cm³/mol. The molecule has 0 aliphatic heterocycles. The van der Waals surface area contributed by atoms with Gasteiger partial charge in [-0.1, -0.05) is 24.3 Å². The number of aromatic nitrogens is 2. The molecular weight excluding hydrogens is 424 g/mol. The summed E-state index contributed by atoms with van der Waals surface area (Å²) in [7, 11) is 1.63. The van der Waals surface area contributed by atoms with Crippen LogP contribution in [0.4, 0.5) is 0 Å². The highest BCUT2D eigenvalue weighted by molar-refractivity contribution is 6.04. The van der Waals surface area contributed by atoms with Crippen molar-refractivity contribution in [1.29, 1.82) is 0 Å². The number of carbonyl (C=O) groups is 1. The Morgan fingerprint density at radius 3 is 2.47 bits per heavy atom. The van der Waals surface area contributed by atoms with E-state index in [9.17, 15) is 4.79 Å². The normalized spacial score (nSPS) is 10.4. The van der Waals surface area contributed by atoms with Gasteiger partial charge in [-0.05, 0) is 68.3 Å². The topological polar surface area (TPSA) is 61.3 Å². The summed E-state index contributed by atoms with van der Waals surface area (Å²) in [5, 5.41) is 0.783. The third-order valence-electron chi connectivity index (χ3n) is 5.08. The molecule has 0 aliphatic rings. The molecule has 0 atom stereocenters. The lowest BCUT2D eigenvalue weighted by atomic mass is 10.0. The molecule has 164 valence electrons. The number of halogens is 1. The van der Waals surface area contributed by atoms with Gasteiger partial charge in [-0.15, -0.1) is 12.4 Å². The smallest absolute Gasteiger partial charge is 0.338 e. The number of carbonyl (C=O) groups excluding carboxylic acids is 1. The number of aryl methyl sites for hydroxylation is 2. The van der Waals surface area contributed by atoms with Crippen LogP contribution >= 0.6 is 12.4 Å². The molecule has 5 nitrogen and oxygen atoms in total. The standard InChI is InChI=1S/C26H24N2O3.ClH/c1-18-7-5-8-20(27-18)9-6-16-31-26(29)23-17-25(19-12-14-21(30-2)15-13-19)28-24-11-4-3-10-22(23)24;/h3-5,7-8,10-15,17H,6,9,16H2,1-2H3;1H. The average Bonchev–Trinajstić information content (AvgIpc) is 2.81. The van der Waals surface area contributed by atoms with Crippen LogP contribution in [-0.4, -0.2) is 29.7 Å². The van der Waals surface area contributed by atoms with Crippen LogP contribution in [-0.2, 0) is 11.2 Å². The van der Waals surface area contributed by atoms with Gasteiger partial charge in [0.25, 0.3) is 0 Å². The third-order valence-corrected chi connectivity index (χ3v) is 5.08. The molecule has 32 heavy (non-hydrogen) atoms. The van der Waals surface area contributed by atoms with E-state index in [0.29, 0.717) is 12.2 Å². The van der Waals surface area contributed by atoms with E-state index < -0.39 is 0 Å². The summed E-state index contributed by atoms with van der Waals surface area (Å²) in [5.74, 6) is 0.429. The van der Waals surface area contributed by atoms with Gasteiger partial charge < -0.3 is 9.47 Å². The largest absolute Gasteiger partial charge is 0.497 e. The van der Waals surface area contributed by atoms with Gasteiger partial charge in [0.1, 0.15) is 5.75 Å². The summed E-state index contributed by atoms with van der Waals surface area (Å²) < 4.78 is 10.8. The van der Waals surface area contributed by atoms with Crippen LogP contribution < -0.4 is 4.74 Å². The monoisotopic (exact) mass is 448 g/mol. The summed E-state index contributed by atoms with van der Waals surface area (Å²) in [6, 6.07) is 23.0. The summed E-state index contributed by atoms with van der Waals surface area (Å²) in [6.45, 7) is 2.31. The van der Waals surface area contributed by atoms with E-state index in [4.69, 9.17) is 14.5 Å². The fraction of sp³-hybridized carbons (Fsp3) is 0.192. The van der Waals surface area contributed by atoms with E-state index >= 15 is 0 Å². The molecule has 0 saturated carbocycles. The maximum absolute atomic E-state index is 12.9. The van der Waals surface area contributed by atoms with Gasteiger partial charge in [-0.3, -0.25) is 4.98 Å². The van der Waals surface area contributed by atoms with Crippen molar-refractivity contribution in [1.82, 2.24) is 9.97 Å². The Morgan fingerprint density at radius 1 is 0.938 bits per heavy atom. The van der Waals surface area contributed by atoms with Crippen LogP contribution in [0, 0.1) is 6.92 Å². The minimum atomic E-state index is -0.342. The Kier molecular flexibility index (Phi) is 7.79. The zero-order valence-electron chi connectivity index (χ0n) is 18.1. The Balaban J connectivity index is 0.00000289. The predicted octanol–water partition coefficient (Wildman–Crippen LogP) is 5.83. The van der Waals surface area contributed by atoms with Crippen molar-refractivity contribution in [2.24, 2.45) is 0 Å². The van der Waals surface area contributed by atoms with Crippen molar-refractivity contribution in [3.05, 3.63) is 89.7 Å². The molecule has 2 heterocycles. The number of esters is 1. The molecule has 0 aliphatic carbocycles. The number of pyridine rings is 2. The number of benzene rings is 2. The number of para-hydroxylation sites is 1. The first-order valence-electron chi connectivity index (χ1n) is 10.3. The number of methoxy groups -OCH3 is 1. The minimum absolute atomic E-state index is 0. The maximum atomic E-state index is 12.9. The molecule has 2 aromatic carbocycles. The van der Waals surface area contributed by atoms with Crippen molar-refractivity contribution in [2.45, 2.75) is 19.8 Å². The zero-order valence-corrected chi connectivity index (χ0v) is 18.9. The van der Waals surface area contributed by atoms with Crippen LogP contribution in [0.5, 0.6) is 5.75 Å². The first-order chi connectivity index (χ1) is 15.1. The molecule has 0 bridgehead atoms. The highest BCUT2D eigenvalue weighted by Crippen LogP contribution is 2.27. The van der Waals surface area contributed by atoms with Gasteiger partial charge in [0.2, 0.25) is 0 Å². The molecule has 2 aromatic heterocycles. The fourth-order valence-electron chi connectivity index (χ4n) is 3.49. The quantitative estimate of drug-likeness (QED) is 0.263. The van der Waals surface area contributed by atoms with Crippen LogP contribution in [0.1, 0.15) is 28.2 Å². The summed E-state index contributed by atoms with van der Waals surface area (Å²) in [5.41, 5.74) is 4.90. The molecule has 4 rings (SSSR count). The van der Waals surface area contributed by atoms with Gasteiger partial charge in [-0.25, -0.2) is 9.78 Å². The summed E-state index contributed by atoms with van der Waals surface area (Å²) >= 11 is 0. The van der Waals surface area contributed by atoms with Crippen molar-refractivity contribution >= 4 is 29.3 Å². The maximum Gasteiger partial charge on any atom is 0.338 e. The Labute approximate surface area is 193 Å². The number of fused-ring (bicyclic) bond motifs is 1. The van der Waals surface area contributed by atoms with E-state index in [0.717, 1.165) is 52.1 Å². The van der Waals surface area contributed by atoms with Crippen molar-refractivity contribution < 1.29 is 14.3 Å². The molecule has 6 heteroatoms. The second kappa shape index (κ2) is 10.7. The fourth-order valence-corrected chi connectivity index (χ4v) is 3.49. The molecular formula is C26H25ClN2O3. The lowest BCUT2D eigenvalue weighted by Crippen LogP contribution is -2.09. The highest BCUT2D eigenvalue weighted by Gasteiger charge is 2.15. The molecule has 0 unspecified atom stereocenters. The highest BCUT2D eigenvalue weighted by atomic mass is 35.5. The molecule has 0 radical (unpaired) electrons. The Hall–Kier alpha value is -3.44. The summed E-state index contributed by atoms with van der Waals surface area (Å²) in [4.78, 5) is 22.1. The van der Waals surface area contributed by atoms with Crippen LogP contribution in [0.25, 0.3) is 22.2 Å². The van der Waals surface area contributed by atoms with Gasteiger partial charge in [-0.2, -0.15) is 0 Å². The van der Waals surface area contributed by atoms with E-state index in [2.05, 4.69) is 4.98 Å². The number of hydrogen-bond donors (Lipinski definition) is 0. The average molecular weight is 449 g/mol. The van der Waals surface area contributed by atoms with Crippen molar-refractivity contribution in [3.63, 3.8) is 0 Å². The Morgan fingerprint density at radius 2 is 1.72 bits per heavy atom. The molecule has 0 N–H and O–H groups in total. The van der Waals surface area contributed by atoms with Gasteiger partial charge in [0, 0.05) is 22.3 Å². The van der Waals surface area contributed by atoms with Gasteiger partial charge >= 0.3 is 5.97 Å². The van der Waals surface area contributed by atoms with E-state index in [-0.39, 0.29) is 18.4 Å². The van der Waals surface area contributed by atoms with Crippen molar-refractivity contribution in [2.75, 3.05) is 13.7 Å². The number of ether oxygens (including phenoxy) is 2. The zero-order chi connectivity index (χ0) is 21.6. The van der Waals surface area contributed by atoms with E-state index in [1.54, 1.807) is 13.2 Å². The number of hydrogen-bond acceptors (Lipinski definition) is 5. The second-order valence-electron chi connectivity index (χ2n) is 7.31. The van der Waals surface area contributed by atoms with E-state index in [1.807, 2.05) is 73.7 Å². The molecule has 0 amide bonds. The van der Waals surface area contributed by atoms with Crippen LogP contribution in [0.2, 0.25) is 0 Å². The first kappa shape index (κ1) is 23.2. The second-order valence-corrected chi connectivity index (χ2v) is 7.31. The Bertz CT molecular complexity index is 1210. The van der Waals surface area contributed by atoms with Crippen LogP contribution in [0.15, 0.2) is 72.8 Å². The minimum Gasteiger partial charge on any atom is -0.497 e. The summed E-state index contributed by atoms with van der Waals surface area (Å²) in [6.07, 6.45) is 1.49.